The topological polar surface area (TPSA) is 52.6 Å². The summed E-state index contributed by atoms with van der Waals surface area (Å²) in [5, 5.41) is 0. The van der Waals surface area contributed by atoms with Gasteiger partial charge in [0, 0.05) is 11.5 Å². The maximum atomic E-state index is 11.2. The van der Waals surface area contributed by atoms with Gasteiger partial charge in [0.25, 0.3) is 8.89 Å². The number of hydrogen-bond acceptors (Lipinski definition) is 10. The van der Waals surface area contributed by atoms with Crippen molar-refractivity contribution >= 4 is 76.2 Å². The Bertz CT molecular complexity index is 240. The number of carbonyl (C=O) groups is 2. The fourth-order valence-electron chi connectivity index (χ4n) is 0.743. The maximum Gasteiger partial charge on any atom is 0.283 e. The second-order valence-electron chi connectivity index (χ2n) is 3.00. The second-order valence-corrected chi connectivity index (χ2v) is 9.84. The van der Waals surface area contributed by atoms with Crippen LogP contribution in [0.1, 0.15) is 26.7 Å². The predicted octanol–water partition coefficient (Wildman–Crippen LogP) is 6.14. The van der Waals surface area contributed by atoms with Gasteiger partial charge in [0.05, 0.1) is 37.3 Å². The Labute approximate surface area is 145 Å². The van der Waals surface area contributed by atoms with Gasteiger partial charge in [-0.25, -0.2) is 0 Å². The highest BCUT2D eigenvalue weighted by Gasteiger charge is 2.06. The average Bonchev–Trinajstić information content (AvgIpc) is 2.45. The van der Waals surface area contributed by atoms with Crippen LogP contribution in [0.2, 0.25) is 0 Å². The minimum atomic E-state index is -0.0136. The summed E-state index contributed by atoms with van der Waals surface area (Å²) in [5.41, 5.74) is 0. The van der Waals surface area contributed by atoms with E-state index < -0.39 is 0 Å². The molecule has 0 aliphatic heterocycles. The molecular formula is C10H18O4S6. The Morgan fingerprint density at radius 2 is 1.20 bits per heavy atom. The molecule has 0 radical (unpaired) electrons. The Balaban J connectivity index is 3.20. The normalized spacial score (nSPS) is 10.7. The van der Waals surface area contributed by atoms with Gasteiger partial charge in [-0.2, -0.15) is 0 Å². The van der Waals surface area contributed by atoms with E-state index in [9.17, 15) is 9.59 Å². The first kappa shape index (κ1) is 21.4. The predicted molar refractivity (Wildman–Crippen MR) is 98.6 cm³/mol. The number of rotatable bonds is 11. The molecule has 0 aliphatic rings. The number of unbranched alkanes of at least 4 members (excludes halogenated alkanes) is 1. The van der Waals surface area contributed by atoms with Crippen molar-refractivity contribution < 1.29 is 18.0 Å². The molecule has 0 amide bonds. The quantitative estimate of drug-likeness (QED) is 0.232. The molecule has 0 atom stereocenters. The zero-order valence-electron chi connectivity index (χ0n) is 11.3. The molecule has 10 heteroatoms. The van der Waals surface area contributed by atoms with Crippen molar-refractivity contribution in [3.63, 3.8) is 0 Å². The van der Waals surface area contributed by atoms with Crippen LogP contribution in [-0.4, -0.2) is 33.6 Å². The third-order valence-corrected chi connectivity index (χ3v) is 8.00. The van der Waals surface area contributed by atoms with Crippen LogP contribution in [0.4, 0.5) is 9.59 Å². The van der Waals surface area contributed by atoms with Crippen LogP contribution < -0.4 is 0 Å². The highest BCUT2D eigenvalue weighted by atomic mass is 33.1. The van der Waals surface area contributed by atoms with Gasteiger partial charge in [-0.05, 0) is 48.3 Å². The molecule has 0 N–H and O–H groups in total. The molecule has 20 heavy (non-hydrogen) atoms. The Morgan fingerprint density at radius 3 is 1.55 bits per heavy atom. The van der Waals surface area contributed by atoms with E-state index in [2.05, 4.69) is 0 Å². The van der Waals surface area contributed by atoms with Crippen molar-refractivity contribution in [3.05, 3.63) is 0 Å². The Hall–Kier alpha value is 1.36. The van der Waals surface area contributed by atoms with E-state index in [4.69, 9.17) is 8.37 Å². The monoisotopic (exact) mass is 394 g/mol. The third kappa shape index (κ3) is 15.7. The Morgan fingerprint density at radius 1 is 0.800 bits per heavy atom. The van der Waals surface area contributed by atoms with Gasteiger partial charge in [-0.3, -0.25) is 9.59 Å². The lowest BCUT2D eigenvalue weighted by Gasteiger charge is -2.01. The van der Waals surface area contributed by atoms with E-state index in [1.54, 1.807) is 21.6 Å². The van der Waals surface area contributed by atoms with Crippen molar-refractivity contribution in [1.29, 1.82) is 0 Å². The van der Waals surface area contributed by atoms with Crippen LogP contribution in [0.3, 0.4) is 0 Å². The summed E-state index contributed by atoms with van der Waals surface area (Å²) in [7, 11) is 5.54. The van der Waals surface area contributed by atoms with E-state index >= 15 is 0 Å². The first-order valence-corrected chi connectivity index (χ1v) is 12.1. The van der Waals surface area contributed by atoms with E-state index in [1.165, 1.54) is 21.6 Å². The van der Waals surface area contributed by atoms with Gasteiger partial charge in [-0.15, -0.1) is 0 Å². The highest BCUT2D eigenvalue weighted by molar-refractivity contribution is 8.86. The molecule has 0 aliphatic carbocycles. The molecule has 0 aromatic heterocycles. The number of carbonyl (C=O) groups excluding carboxylic acids is 2. The first-order chi connectivity index (χ1) is 9.70. The lowest BCUT2D eigenvalue weighted by molar-refractivity contribution is 0.274. The van der Waals surface area contributed by atoms with Crippen molar-refractivity contribution in [2.24, 2.45) is 0 Å². The first-order valence-electron chi connectivity index (χ1n) is 5.96. The summed E-state index contributed by atoms with van der Waals surface area (Å²) in [6.07, 6.45) is 2.06. The van der Waals surface area contributed by atoms with E-state index in [-0.39, 0.29) is 8.89 Å². The molecule has 4 nitrogen and oxygen atoms in total. The fraction of sp³-hybridized carbons (Fsp3) is 0.800. The molecule has 0 aromatic carbocycles. The SMILES string of the molecule is CCOSC(=O)SSCCCCSSC(=O)SOCC. The summed E-state index contributed by atoms with van der Waals surface area (Å²) in [5.74, 6) is 1.85. The number of hydrogen-bond donors (Lipinski definition) is 0. The van der Waals surface area contributed by atoms with Crippen LogP contribution in [0.25, 0.3) is 0 Å². The second kappa shape index (κ2) is 16.7. The van der Waals surface area contributed by atoms with Crippen LogP contribution in [0.5, 0.6) is 0 Å². The highest BCUT2D eigenvalue weighted by Crippen LogP contribution is 2.32. The van der Waals surface area contributed by atoms with Gasteiger partial charge >= 0.3 is 0 Å². The molecule has 0 saturated carbocycles. The van der Waals surface area contributed by atoms with Gasteiger partial charge < -0.3 is 8.37 Å². The van der Waals surface area contributed by atoms with Crippen molar-refractivity contribution in [3.8, 4) is 0 Å². The average molecular weight is 395 g/mol. The minimum absolute atomic E-state index is 0.0136. The summed E-state index contributed by atoms with van der Waals surface area (Å²) in [4.78, 5) is 22.4. The van der Waals surface area contributed by atoms with Crippen LogP contribution in [0.15, 0.2) is 0 Å². The molecule has 0 bridgehead atoms. The van der Waals surface area contributed by atoms with Gasteiger partial charge in [0.2, 0.25) is 0 Å². The van der Waals surface area contributed by atoms with Gasteiger partial charge in [0.1, 0.15) is 0 Å². The van der Waals surface area contributed by atoms with Gasteiger partial charge in [-0.1, -0.05) is 21.6 Å². The minimum Gasteiger partial charge on any atom is -0.308 e. The molecule has 0 rings (SSSR count). The van der Waals surface area contributed by atoms with E-state index in [0.29, 0.717) is 13.2 Å². The van der Waals surface area contributed by atoms with Crippen molar-refractivity contribution in [1.82, 2.24) is 0 Å². The molecule has 0 spiro atoms. The third-order valence-electron chi connectivity index (χ3n) is 1.45. The summed E-state index contributed by atoms with van der Waals surface area (Å²) >= 11 is 1.80. The lowest BCUT2D eigenvalue weighted by atomic mass is 10.4. The summed E-state index contributed by atoms with van der Waals surface area (Å²) < 4.78 is 9.85. The molecule has 0 unspecified atom stereocenters. The van der Waals surface area contributed by atoms with Crippen LogP contribution in [0, 0.1) is 0 Å². The molecule has 0 aromatic rings. The van der Waals surface area contributed by atoms with Crippen molar-refractivity contribution in [2.45, 2.75) is 26.7 Å². The van der Waals surface area contributed by atoms with E-state index in [1.807, 2.05) is 13.8 Å². The fourth-order valence-corrected chi connectivity index (χ4v) is 5.84. The molecular weight excluding hydrogens is 377 g/mol. The van der Waals surface area contributed by atoms with E-state index in [0.717, 1.165) is 48.4 Å². The van der Waals surface area contributed by atoms with Crippen LogP contribution >= 0.6 is 67.3 Å². The molecule has 0 saturated heterocycles. The Kier molecular flexibility index (Phi) is 17.9. The van der Waals surface area contributed by atoms with Gasteiger partial charge in [0.15, 0.2) is 0 Å². The standard InChI is InChI=1S/C10H18O4S6/c1-3-13-17-9(11)19-15-7-5-6-8-16-20-10(12)18-14-4-2/h3-8H2,1-2H3. The maximum absolute atomic E-state index is 11.2. The molecule has 0 heterocycles. The zero-order valence-corrected chi connectivity index (χ0v) is 16.2. The zero-order chi connectivity index (χ0) is 15.1. The summed E-state index contributed by atoms with van der Waals surface area (Å²) in [6.45, 7) is 4.78. The lowest BCUT2D eigenvalue weighted by Crippen LogP contribution is -1.86. The van der Waals surface area contributed by atoms with Crippen LogP contribution in [-0.2, 0) is 8.37 Å². The molecule has 0 fully saturated rings. The molecule has 118 valence electrons. The van der Waals surface area contributed by atoms with Crippen molar-refractivity contribution in [2.75, 3.05) is 24.7 Å². The largest absolute Gasteiger partial charge is 0.308 e. The summed E-state index contributed by atoms with van der Waals surface area (Å²) in [6, 6.07) is 0. The smallest absolute Gasteiger partial charge is 0.283 e.